The molecule has 0 fully saturated rings. The van der Waals surface area contributed by atoms with Gasteiger partial charge in [0, 0.05) is 12.6 Å². The van der Waals surface area contributed by atoms with Gasteiger partial charge in [0.25, 0.3) is 0 Å². The van der Waals surface area contributed by atoms with Gasteiger partial charge in [-0.2, -0.15) is 5.10 Å². The fourth-order valence-electron chi connectivity index (χ4n) is 2.43. The molecule has 0 amide bonds. The summed E-state index contributed by atoms with van der Waals surface area (Å²) in [5.74, 6) is 2.05. The molecular formula is C16H17N3O2. The van der Waals surface area contributed by atoms with Crippen LogP contribution >= 0.6 is 0 Å². The van der Waals surface area contributed by atoms with Crippen molar-refractivity contribution in [2.75, 3.05) is 12.8 Å². The van der Waals surface area contributed by atoms with Crippen molar-refractivity contribution in [1.29, 1.82) is 0 Å². The van der Waals surface area contributed by atoms with Crippen LogP contribution in [0.1, 0.15) is 5.56 Å². The van der Waals surface area contributed by atoms with Gasteiger partial charge in [-0.15, -0.1) is 0 Å². The maximum atomic E-state index is 6.22. The summed E-state index contributed by atoms with van der Waals surface area (Å²) in [5.41, 5.74) is 9.69. The Morgan fingerprint density at radius 1 is 1.24 bits per heavy atom. The zero-order valence-electron chi connectivity index (χ0n) is 12.3. The van der Waals surface area contributed by atoms with Crippen molar-refractivity contribution in [3.05, 3.63) is 42.2 Å². The first-order valence-corrected chi connectivity index (χ1v) is 6.63. The lowest BCUT2D eigenvalue weighted by Crippen LogP contribution is -1.98. The van der Waals surface area contributed by atoms with Crippen molar-refractivity contribution in [3.8, 4) is 28.3 Å². The Labute approximate surface area is 122 Å². The van der Waals surface area contributed by atoms with E-state index in [1.54, 1.807) is 18.1 Å². The molecule has 0 bridgehead atoms. The molecule has 1 aromatic carbocycles. The molecule has 3 aromatic rings. The summed E-state index contributed by atoms with van der Waals surface area (Å²) in [6.07, 6.45) is 1.65. The van der Waals surface area contributed by atoms with E-state index in [-0.39, 0.29) is 0 Å². The van der Waals surface area contributed by atoms with Gasteiger partial charge >= 0.3 is 0 Å². The van der Waals surface area contributed by atoms with Gasteiger partial charge in [0.2, 0.25) is 0 Å². The highest BCUT2D eigenvalue weighted by molar-refractivity contribution is 5.89. The van der Waals surface area contributed by atoms with Crippen LogP contribution < -0.4 is 10.5 Å². The lowest BCUT2D eigenvalue weighted by Gasteiger charge is -2.09. The fraction of sp³-hybridized carbons (Fsp3) is 0.188. The van der Waals surface area contributed by atoms with Crippen molar-refractivity contribution in [3.63, 3.8) is 0 Å². The number of nitrogen functional groups attached to an aromatic ring is 1. The quantitative estimate of drug-likeness (QED) is 0.801. The SMILES string of the molecule is COc1ccccc1-c1c(-c2occc2C)nn(C)c1N. The normalized spacial score (nSPS) is 10.8. The standard InChI is InChI=1S/C16H17N3O2/c1-10-8-9-21-15(10)14-13(16(17)19(2)18-14)11-6-4-5-7-12(11)20-3/h4-9H,17H2,1-3H3. The summed E-state index contributed by atoms with van der Waals surface area (Å²) in [5, 5.41) is 4.51. The van der Waals surface area contributed by atoms with Crippen molar-refractivity contribution in [1.82, 2.24) is 9.78 Å². The minimum atomic E-state index is 0.574. The van der Waals surface area contributed by atoms with Gasteiger partial charge in [-0.25, -0.2) is 0 Å². The van der Waals surface area contributed by atoms with E-state index in [4.69, 9.17) is 14.9 Å². The minimum absolute atomic E-state index is 0.574. The Balaban J connectivity index is 2.30. The number of nitrogens with two attached hydrogens (primary N) is 1. The number of aryl methyl sites for hydroxylation is 2. The molecule has 5 nitrogen and oxygen atoms in total. The van der Waals surface area contributed by atoms with E-state index in [2.05, 4.69) is 5.10 Å². The van der Waals surface area contributed by atoms with Crippen molar-refractivity contribution in [2.24, 2.45) is 7.05 Å². The molecule has 0 spiro atoms. The maximum absolute atomic E-state index is 6.22. The number of rotatable bonds is 3. The highest BCUT2D eigenvalue weighted by atomic mass is 16.5. The number of methoxy groups -OCH3 is 1. The lowest BCUT2D eigenvalue weighted by molar-refractivity contribution is 0.416. The summed E-state index contributed by atoms with van der Waals surface area (Å²) in [6, 6.07) is 9.65. The highest BCUT2D eigenvalue weighted by Gasteiger charge is 2.22. The highest BCUT2D eigenvalue weighted by Crippen LogP contribution is 2.41. The van der Waals surface area contributed by atoms with Crippen molar-refractivity contribution in [2.45, 2.75) is 6.92 Å². The van der Waals surface area contributed by atoms with Crippen LogP contribution in [0.5, 0.6) is 5.75 Å². The van der Waals surface area contributed by atoms with Crippen molar-refractivity contribution >= 4 is 5.82 Å². The van der Waals surface area contributed by atoms with Crippen LogP contribution in [0.4, 0.5) is 5.82 Å². The second kappa shape index (κ2) is 5.01. The summed E-state index contributed by atoms with van der Waals surface area (Å²) in [7, 11) is 3.46. The summed E-state index contributed by atoms with van der Waals surface area (Å²) in [4.78, 5) is 0. The number of hydrogen-bond donors (Lipinski definition) is 1. The number of ether oxygens (including phenoxy) is 1. The van der Waals surface area contributed by atoms with Crippen LogP contribution in [-0.4, -0.2) is 16.9 Å². The Morgan fingerprint density at radius 2 is 2.00 bits per heavy atom. The summed E-state index contributed by atoms with van der Waals surface area (Å²) >= 11 is 0. The van der Waals surface area contributed by atoms with Crippen LogP contribution in [-0.2, 0) is 7.05 Å². The average molecular weight is 283 g/mol. The summed E-state index contributed by atoms with van der Waals surface area (Å²) in [6.45, 7) is 1.98. The molecule has 2 N–H and O–H groups in total. The number of hydrogen-bond acceptors (Lipinski definition) is 4. The van der Waals surface area contributed by atoms with E-state index in [9.17, 15) is 0 Å². The van der Waals surface area contributed by atoms with E-state index in [0.717, 1.165) is 33.9 Å². The van der Waals surface area contributed by atoms with E-state index in [1.165, 1.54) is 0 Å². The molecule has 21 heavy (non-hydrogen) atoms. The number of anilines is 1. The molecule has 2 aromatic heterocycles. The summed E-state index contributed by atoms with van der Waals surface area (Å²) < 4.78 is 12.7. The number of benzene rings is 1. The molecule has 0 aliphatic carbocycles. The number of furan rings is 1. The largest absolute Gasteiger partial charge is 0.496 e. The monoisotopic (exact) mass is 283 g/mol. The third kappa shape index (κ3) is 2.07. The van der Waals surface area contributed by atoms with Crippen LogP contribution in [0.2, 0.25) is 0 Å². The third-order valence-corrected chi connectivity index (χ3v) is 3.55. The zero-order chi connectivity index (χ0) is 15.0. The molecule has 3 rings (SSSR count). The minimum Gasteiger partial charge on any atom is -0.496 e. The molecule has 0 unspecified atom stereocenters. The topological polar surface area (TPSA) is 66.2 Å². The Morgan fingerprint density at radius 3 is 2.67 bits per heavy atom. The van der Waals surface area contributed by atoms with Crippen LogP contribution in [0.25, 0.3) is 22.6 Å². The van der Waals surface area contributed by atoms with E-state index in [1.807, 2.05) is 44.3 Å². The van der Waals surface area contributed by atoms with Gasteiger partial charge in [-0.1, -0.05) is 18.2 Å². The molecule has 0 saturated carbocycles. The smallest absolute Gasteiger partial charge is 0.157 e. The second-order valence-electron chi connectivity index (χ2n) is 4.87. The zero-order valence-corrected chi connectivity index (χ0v) is 12.3. The molecular weight excluding hydrogens is 266 g/mol. The molecule has 5 heteroatoms. The predicted molar refractivity (Wildman–Crippen MR) is 82.0 cm³/mol. The Bertz CT molecular complexity index is 787. The Hall–Kier alpha value is -2.69. The van der Waals surface area contributed by atoms with Gasteiger partial charge < -0.3 is 14.9 Å². The average Bonchev–Trinajstić information content (AvgIpc) is 3.03. The van der Waals surface area contributed by atoms with Gasteiger partial charge in [0.05, 0.1) is 18.9 Å². The molecule has 0 radical (unpaired) electrons. The molecule has 108 valence electrons. The fourth-order valence-corrected chi connectivity index (χ4v) is 2.43. The van der Waals surface area contributed by atoms with Gasteiger partial charge in [-0.05, 0) is 24.6 Å². The van der Waals surface area contributed by atoms with E-state index in [0.29, 0.717) is 5.82 Å². The van der Waals surface area contributed by atoms with E-state index >= 15 is 0 Å². The van der Waals surface area contributed by atoms with Gasteiger partial charge in [-0.3, -0.25) is 4.68 Å². The van der Waals surface area contributed by atoms with E-state index < -0.39 is 0 Å². The molecule has 2 heterocycles. The van der Waals surface area contributed by atoms with Gasteiger partial charge in [0.1, 0.15) is 17.3 Å². The Kier molecular flexibility index (Phi) is 3.17. The van der Waals surface area contributed by atoms with Crippen molar-refractivity contribution < 1.29 is 9.15 Å². The second-order valence-corrected chi connectivity index (χ2v) is 4.87. The lowest BCUT2D eigenvalue weighted by atomic mass is 10.0. The first-order valence-electron chi connectivity index (χ1n) is 6.63. The van der Waals surface area contributed by atoms with Gasteiger partial charge in [0.15, 0.2) is 5.76 Å². The molecule has 0 atom stereocenters. The number of nitrogens with zero attached hydrogens (tertiary/aromatic N) is 2. The molecule has 0 saturated heterocycles. The third-order valence-electron chi connectivity index (χ3n) is 3.55. The molecule has 0 aliphatic heterocycles. The number of aromatic nitrogens is 2. The first-order chi connectivity index (χ1) is 10.1. The molecule has 0 aliphatic rings. The predicted octanol–water partition coefficient (Wildman–Crippen LogP) is 3.25. The van der Waals surface area contributed by atoms with Crippen LogP contribution in [0, 0.1) is 6.92 Å². The maximum Gasteiger partial charge on any atom is 0.157 e. The van der Waals surface area contributed by atoms with Crippen LogP contribution in [0.15, 0.2) is 41.0 Å². The first kappa shape index (κ1) is 13.3. The number of para-hydroxylation sites is 1. The van der Waals surface area contributed by atoms with Crippen LogP contribution in [0.3, 0.4) is 0 Å².